The van der Waals surface area contributed by atoms with Crippen LogP contribution in [0.2, 0.25) is 0 Å². The molecule has 1 heterocycles. The highest BCUT2D eigenvalue weighted by Gasteiger charge is 2.41. The smallest absolute Gasteiger partial charge is 0.416 e. The van der Waals surface area contributed by atoms with Gasteiger partial charge in [0.1, 0.15) is 5.75 Å². The normalized spacial score (nSPS) is 18.5. The maximum atomic E-state index is 13.3. The van der Waals surface area contributed by atoms with Crippen LogP contribution in [0.3, 0.4) is 0 Å². The van der Waals surface area contributed by atoms with Gasteiger partial charge in [-0.2, -0.15) is 13.2 Å². The largest absolute Gasteiger partial charge is 0.497 e. The predicted octanol–water partition coefficient (Wildman–Crippen LogP) is 4.73. The Morgan fingerprint density at radius 2 is 1.82 bits per heavy atom. The minimum Gasteiger partial charge on any atom is -0.497 e. The van der Waals surface area contributed by atoms with Crippen LogP contribution in [0.15, 0.2) is 48.5 Å². The molecule has 0 bridgehead atoms. The summed E-state index contributed by atoms with van der Waals surface area (Å²) in [5.74, 6) is -0.676. The highest BCUT2D eigenvalue weighted by molar-refractivity contribution is 5.95. The first-order chi connectivity index (χ1) is 15.6. The van der Waals surface area contributed by atoms with Crippen molar-refractivity contribution in [2.24, 2.45) is 11.8 Å². The van der Waals surface area contributed by atoms with E-state index < -0.39 is 23.6 Å². The van der Waals surface area contributed by atoms with Gasteiger partial charge in [0, 0.05) is 31.1 Å². The zero-order chi connectivity index (χ0) is 24.2. The summed E-state index contributed by atoms with van der Waals surface area (Å²) in [4.78, 5) is 27.6. The van der Waals surface area contributed by atoms with Gasteiger partial charge >= 0.3 is 6.18 Å². The van der Waals surface area contributed by atoms with E-state index in [9.17, 15) is 22.8 Å². The number of methoxy groups -OCH3 is 1. The summed E-state index contributed by atoms with van der Waals surface area (Å²) in [6, 6.07) is 11.6. The Morgan fingerprint density at radius 3 is 2.42 bits per heavy atom. The number of rotatable bonds is 7. The molecule has 8 heteroatoms. The van der Waals surface area contributed by atoms with Crippen LogP contribution >= 0.6 is 0 Å². The number of hydrogen-bond donors (Lipinski definition) is 1. The van der Waals surface area contributed by atoms with E-state index in [1.54, 1.807) is 35.2 Å². The zero-order valence-corrected chi connectivity index (χ0v) is 19.0. The minimum atomic E-state index is -4.48. The minimum absolute atomic E-state index is 0.138. The maximum Gasteiger partial charge on any atom is 0.416 e. The molecule has 0 unspecified atom stereocenters. The molecule has 2 atom stereocenters. The molecule has 0 aliphatic carbocycles. The molecule has 2 aromatic carbocycles. The van der Waals surface area contributed by atoms with E-state index in [1.807, 2.05) is 13.8 Å². The quantitative estimate of drug-likeness (QED) is 0.647. The van der Waals surface area contributed by atoms with Gasteiger partial charge in [-0.3, -0.25) is 9.59 Å². The van der Waals surface area contributed by atoms with Gasteiger partial charge in [-0.15, -0.1) is 0 Å². The number of alkyl halides is 3. The second kappa shape index (κ2) is 10.3. The molecule has 1 aliphatic heterocycles. The number of hydrogen-bond acceptors (Lipinski definition) is 3. The fourth-order valence-corrected chi connectivity index (χ4v) is 4.05. The summed E-state index contributed by atoms with van der Waals surface area (Å²) in [6.45, 7) is 4.87. The maximum absolute atomic E-state index is 13.3. The lowest BCUT2D eigenvalue weighted by Gasteiger charge is -2.19. The molecule has 0 aromatic heterocycles. The fraction of sp³-hybridized carbons (Fsp3) is 0.440. The van der Waals surface area contributed by atoms with Gasteiger partial charge in [0.2, 0.25) is 5.91 Å². The lowest BCUT2D eigenvalue weighted by atomic mass is 9.87. The summed E-state index contributed by atoms with van der Waals surface area (Å²) in [6.07, 6.45) is -3.69. The fourth-order valence-electron chi connectivity index (χ4n) is 4.05. The Balaban J connectivity index is 1.86. The van der Waals surface area contributed by atoms with Gasteiger partial charge in [0.25, 0.3) is 5.91 Å². The highest BCUT2D eigenvalue weighted by atomic mass is 19.4. The Hall–Kier alpha value is -3.03. The van der Waals surface area contributed by atoms with Crippen LogP contribution in [-0.2, 0) is 11.0 Å². The van der Waals surface area contributed by atoms with E-state index in [0.717, 1.165) is 18.6 Å². The molecule has 5 nitrogen and oxygen atoms in total. The standard InChI is InChI=1S/C25H29F3N2O3/c1-16(2)11-12-29-23(31)22-15-30(24(32)17-7-9-20(33-3)10-8-17)14-21(22)18-5-4-6-19(13-18)25(26,27)28/h4-10,13,16,21-22H,11-12,14-15H2,1-3H3,(H,29,31)/t21-,22+/m0/s1. The van der Waals surface area contributed by atoms with E-state index in [1.165, 1.54) is 13.2 Å². The number of nitrogens with one attached hydrogen (secondary N) is 1. The van der Waals surface area contributed by atoms with E-state index in [4.69, 9.17) is 4.74 Å². The number of carbonyl (C=O) groups excluding carboxylic acids is 2. The molecule has 1 saturated heterocycles. The summed E-state index contributed by atoms with van der Waals surface area (Å²) < 4.78 is 45.0. The molecule has 1 aliphatic rings. The average Bonchev–Trinajstić information content (AvgIpc) is 3.23. The second-order valence-electron chi connectivity index (χ2n) is 8.75. The number of benzene rings is 2. The molecule has 178 valence electrons. The SMILES string of the molecule is COc1ccc(C(=O)N2C[C@@H](C(=O)NCCC(C)C)[C@H](c3cccc(C(F)(F)F)c3)C2)cc1. The first kappa shape index (κ1) is 24.6. The molecule has 0 radical (unpaired) electrons. The average molecular weight is 463 g/mol. The number of likely N-dealkylation sites (tertiary alicyclic amines) is 1. The van der Waals surface area contributed by atoms with Gasteiger partial charge in [-0.05, 0) is 48.2 Å². The summed E-state index contributed by atoms with van der Waals surface area (Å²) >= 11 is 0. The lowest BCUT2D eigenvalue weighted by molar-refractivity contribution is -0.137. The third kappa shape index (κ3) is 6.06. The molecule has 1 N–H and O–H groups in total. The van der Waals surface area contributed by atoms with Crippen LogP contribution < -0.4 is 10.1 Å². The number of amides is 2. The zero-order valence-electron chi connectivity index (χ0n) is 19.0. The van der Waals surface area contributed by atoms with Crippen LogP contribution in [0.5, 0.6) is 5.75 Å². The van der Waals surface area contributed by atoms with E-state index in [0.29, 0.717) is 29.3 Å². The molecule has 33 heavy (non-hydrogen) atoms. The van der Waals surface area contributed by atoms with Gasteiger partial charge in [0.05, 0.1) is 18.6 Å². The van der Waals surface area contributed by atoms with E-state index in [-0.39, 0.29) is 24.9 Å². The van der Waals surface area contributed by atoms with Gasteiger partial charge in [-0.1, -0.05) is 32.0 Å². The topological polar surface area (TPSA) is 58.6 Å². The molecule has 2 amide bonds. The van der Waals surface area contributed by atoms with Gasteiger partial charge in [0.15, 0.2) is 0 Å². The van der Waals surface area contributed by atoms with Crippen molar-refractivity contribution in [2.75, 3.05) is 26.7 Å². The number of carbonyl (C=O) groups is 2. The molecular formula is C25H29F3N2O3. The highest BCUT2D eigenvalue weighted by Crippen LogP contribution is 2.37. The van der Waals surface area contributed by atoms with Crippen LogP contribution in [0.1, 0.15) is 47.7 Å². The van der Waals surface area contributed by atoms with Crippen LogP contribution in [0, 0.1) is 11.8 Å². The van der Waals surface area contributed by atoms with Gasteiger partial charge in [-0.25, -0.2) is 0 Å². The molecule has 0 spiro atoms. The summed E-state index contributed by atoms with van der Waals surface area (Å²) in [5.41, 5.74) is 0.0669. The monoisotopic (exact) mass is 462 g/mol. The Kier molecular flexibility index (Phi) is 7.66. The number of ether oxygens (including phenoxy) is 1. The van der Waals surface area contributed by atoms with Crippen LogP contribution in [-0.4, -0.2) is 43.5 Å². The molecular weight excluding hydrogens is 433 g/mol. The van der Waals surface area contributed by atoms with Crippen molar-refractivity contribution in [3.05, 3.63) is 65.2 Å². The Morgan fingerprint density at radius 1 is 1.12 bits per heavy atom. The summed E-state index contributed by atoms with van der Waals surface area (Å²) in [7, 11) is 1.53. The molecule has 1 fully saturated rings. The predicted molar refractivity (Wildman–Crippen MR) is 119 cm³/mol. The van der Waals surface area contributed by atoms with Crippen molar-refractivity contribution < 1.29 is 27.5 Å². The van der Waals surface area contributed by atoms with E-state index >= 15 is 0 Å². The van der Waals surface area contributed by atoms with Crippen LogP contribution in [0.25, 0.3) is 0 Å². The first-order valence-corrected chi connectivity index (χ1v) is 11.0. The van der Waals surface area contributed by atoms with Crippen molar-refractivity contribution >= 4 is 11.8 Å². The molecule has 2 aromatic rings. The van der Waals surface area contributed by atoms with Crippen LogP contribution in [0.4, 0.5) is 13.2 Å². The Labute approximate surface area is 191 Å². The van der Waals surface area contributed by atoms with Crippen molar-refractivity contribution in [1.29, 1.82) is 0 Å². The molecule has 0 saturated carbocycles. The lowest BCUT2D eigenvalue weighted by Crippen LogP contribution is -2.36. The van der Waals surface area contributed by atoms with E-state index in [2.05, 4.69) is 5.32 Å². The number of halogens is 3. The van der Waals surface area contributed by atoms with Crippen molar-refractivity contribution in [3.8, 4) is 5.75 Å². The van der Waals surface area contributed by atoms with Crippen molar-refractivity contribution in [1.82, 2.24) is 10.2 Å². The van der Waals surface area contributed by atoms with Crippen molar-refractivity contribution in [3.63, 3.8) is 0 Å². The third-order valence-corrected chi connectivity index (χ3v) is 5.94. The van der Waals surface area contributed by atoms with Crippen molar-refractivity contribution in [2.45, 2.75) is 32.4 Å². The first-order valence-electron chi connectivity index (χ1n) is 11.0. The van der Waals surface area contributed by atoms with Gasteiger partial charge < -0.3 is 15.0 Å². The summed E-state index contributed by atoms with van der Waals surface area (Å²) in [5, 5.41) is 2.90. The third-order valence-electron chi connectivity index (χ3n) is 5.94. The Bertz CT molecular complexity index is 974. The second-order valence-corrected chi connectivity index (χ2v) is 8.75. The number of nitrogens with zero attached hydrogens (tertiary/aromatic N) is 1. The molecule has 3 rings (SSSR count).